The van der Waals surface area contributed by atoms with E-state index < -0.39 is 0 Å². The van der Waals surface area contributed by atoms with E-state index in [9.17, 15) is 4.79 Å². The fourth-order valence-corrected chi connectivity index (χ4v) is 3.01. The lowest BCUT2D eigenvalue weighted by Crippen LogP contribution is -2.07. The van der Waals surface area contributed by atoms with E-state index in [4.69, 9.17) is 4.74 Å². The van der Waals surface area contributed by atoms with Crippen LogP contribution in [0.3, 0.4) is 0 Å². The highest BCUT2D eigenvalue weighted by atomic mass is 32.1. The number of hydrogen-bond donors (Lipinski definition) is 1. The highest BCUT2D eigenvalue weighted by molar-refractivity contribution is 7.14. The minimum atomic E-state index is -0.206. The Labute approximate surface area is 150 Å². The second kappa shape index (κ2) is 8.26. The van der Waals surface area contributed by atoms with Crippen molar-refractivity contribution < 1.29 is 9.53 Å². The van der Waals surface area contributed by atoms with E-state index in [0.29, 0.717) is 11.7 Å². The predicted octanol–water partition coefficient (Wildman–Crippen LogP) is 4.86. The monoisotopic (exact) mass is 350 g/mol. The number of ether oxygens (including phenoxy) is 1. The largest absolute Gasteiger partial charge is 0.493 e. The average Bonchev–Trinajstić information content (AvgIpc) is 3.10. The number of nitrogens with one attached hydrogen (secondary N) is 1. The molecule has 0 radical (unpaired) electrons. The summed E-state index contributed by atoms with van der Waals surface area (Å²) >= 11 is 1.39. The second-order valence-electron chi connectivity index (χ2n) is 5.20. The Bertz CT molecular complexity index is 872. The maximum Gasteiger partial charge on any atom is 0.250 e. The molecule has 3 aromatic rings. The van der Waals surface area contributed by atoms with Gasteiger partial charge in [-0.3, -0.25) is 10.1 Å². The van der Waals surface area contributed by atoms with Gasteiger partial charge in [-0.15, -0.1) is 11.3 Å². The van der Waals surface area contributed by atoms with E-state index in [0.717, 1.165) is 22.6 Å². The molecule has 1 N–H and O–H groups in total. The third-order valence-corrected chi connectivity index (χ3v) is 4.18. The first kappa shape index (κ1) is 16.9. The van der Waals surface area contributed by atoms with Crippen LogP contribution in [-0.4, -0.2) is 17.5 Å². The van der Waals surface area contributed by atoms with Gasteiger partial charge in [0.2, 0.25) is 5.91 Å². The molecule has 1 amide bonds. The summed E-state index contributed by atoms with van der Waals surface area (Å²) in [6.45, 7) is 2.54. The number of aromatic nitrogens is 1. The molecule has 0 saturated carbocycles. The highest BCUT2D eigenvalue weighted by Gasteiger charge is 2.10. The molecule has 1 aromatic heterocycles. The van der Waals surface area contributed by atoms with Crippen LogP contribution in [0.1, 0.15) is 12.5 Å². The average molecular weight is 350 g/mol. The van der Waals surface area contributed by atoms with E-state index in [2.05, 4.69) is 10.3 Å². The first-order valence-electron chi connectivity index (χ1n) is 7.98. The number of nitrogens with zero attached hydrogens (tertiary/aromatic N) is 1. The lowest BCUT2D eigenvalue weighted by atomic mass is 10.1. The third kappa shape index (κ3) is 4.55. The Morgan fingerprint density at radius 2 is 1.92 bits per heavy atom. The molecule has 126 valence electrons. The van der Waals surface area contributed by atoms with Crippen molar-refractivity contribution in [3.05, 3.63) is 71.6 Å². The summed E-state index contributed by atoms with van der Waals surface area (Å²) in [6.07, 6.45) is 3.28. The molecule has 0 spiro atoms. The van der Waals surface area contributed by atoms with E-state index in [1.807, 2.05) is 66.9 Å². The molecular formula is C20H18N2O2S. The number of anilines is 1. The molecule has 0 unspecified atom stereocenters. The fraction of sp³-hybridized carbons (Fsp3) is 0.100. The van der Waals surface area contributed by atoms with Gasteiger partial charge in [0.15, 0.2) is 5.13 Å². The minimum Gasteiger partial charge on any atom is -0.493 e. The molecule has 2 aromatic carbocycles. The molecule has 1 heterocycles. The van der Waals surface area contributed by atoms with Gasteiger partial charge in [0, 0.05) is 17.0 Å². The number of para-hydroxylation sites is 1. The number of carbonyl (C=O) groups is 1. The first-order valence-corrected chi connectivity index (χ1v) is 8.86. The van der Waals surface area contributed by atoms with Crippen LogP contribution >= 0.6 is 11.3 Å². The summed E-state index contributed by atoms with van der Waals surface area (Å²) in [6, 6.07) is 17.4. The number of rotatable bonds is 6. The lowest BCUT2D eigenvalue weighted by Gasteiger charge is -2.07. The van der Waals surface area contributed by atoms with Gasteiger partial charge in [0.05, 0.1) is 12.3 Å². The van der Waals surface area contributed by atoms with Crippen LogP contribution in [-0.2, 0) is 4.79 Å². The molecule has 0 atom stereocenters. The topological polar surface area (TPSA) is 51.2 Å². The van der Waals surface area contributed by atoms with Crippen molar-refractivity contribution >= 4 is 28.5 Å². The van der Waals surface area contributed by atoms with Crippen molar-refractivity contribution in [1.82, 2.24) is 4.98 Å². The zero-order valence-corrected chi connectivity index (χ0v) is 14.6. The zero-order chi connectivity index (χ0) is 17.5. The van der Waals surface area contributed by atoms with Crippen molar-refractivity contribution in [1.29, 1.82) is 0 Å². The normalized spacial score (nSPS) is 10.8. The molecule has 0 aliphatic carbocycles. The molecule has 0 bridgehead atoms. The van der Waals surface area contributed by atoms with Crippen LogP contribution in [0.25, 0.3) is 17.3 Å². The quantitative estimate of drug-likeness (QED) is 0.646. The van der Waals surface area contributed by atoms with Gasteiger partial charge < -0.3 is 4.74 Å². The molecule has 0 aliphatic heterocycles. The van der Waals surface area contributed by atoms with Gasteiger partial charge in [0.1, 0.15) is 5.75 Å². The molecule has 25 heavy (non-hydrogen) atoms. The maximum absolute atomic E-state index is 12.0. The van der Waals surface area contributed by atoms with E-state index in [-0.39, 0.29) is 5.91 Å². The van der Waals surface area contributed by atoms with Crippen LogP contribution in [0.5, 0.6) is 5.75 Å². The van der Waals surface area contributed by atoms with Crippen LogP contribution in [0.15, 0.2) is 66.1 Å². The van der Waals surface area contributed by atoms with Crippen LogP contribution in [0.4, 0.5) is 5.13 Å². The Morgan fingerprint density at radius 3 is 2.72 bits per heavy atom. The Morgan fingerprint density at radius 1 is 1.16 bits per heavy atom. The Kier molecular flexibility index (Phi) is 5.59. The third-order valence-electron chi connectivity index (χ3n) is 3.42. The van der Waals surface area contributed by atoms with Crippen molar-refractivity contribution in [2.24, 2.45) is 0 Å². The van der Waals surface area contributed by atoms with Gasteiger partial charge in [-0.25, -0.2) is 4.98 Å². The highest BCUT2D eigenvalue weighted by Crippen LogP contribution is 2.32. The maximum atomic E-state index is 12.0. The Balaban J connectivity index is 1.70. The SMILES string of the molecule is CCOc1ccccc1-c1csc(NC(=O)C=Cc2ccccc2)n1. The number of hydrogen-bond acceptors (Lipinski definition) is 4. The minimum absolute atomic E-state index is 0.206. The van der Waals surface area contributed by atoms with Gasteiger partial charge in [0.25, 0.3) is 0 Å². The van der Waals surface area contributed by atoms with Crippen LogP contribution in [0, 0.1) is 0 Å². The number of thiazole rings is 1. The number of benzene rings is 2. The first-order chi connectivity index (χ1) is 12.3. The number of carbonyl (C=O) groups excluding carboxylic acids is 1. The predicted molar refractivity (Wildman–Crippen MR) is 103 cm³/mol. The number of amides is 1. The molecule has 4 nitrogen and oxygen atoms in total. The Hall–Kier alpha value is -2.92. The lowest BCUT2D eigenvalue weighted by molar-refractivity contribution is -0.111. The molecule has 3 rings (SSSR count). The molecule has 5 heteroatoms. The van der Waals surface area contributed by atoms with Gasteiger partial charge in [-0.2, -0.15) is 0 Å². The summed E-state index contributed by atoms with van der Waals surface area (Å²) < 4.78 is 5.64. The second-order valence-corrected chi connectivity index (χ2v) is 6.06. The summed E-state index contributed by atoms with van der Waals surface area (Å²) in [5.41, 5.74) is 2.68. The fourth-order valence-electron chi connectivity index (χ4n) is 2.30. The molecule has 0 saturated heterocycles. The molecule has 0 fully saturated rings. The zero-order valence-electron chi connectivity index (χ0n) is 13.8. The molecule has 0 aliphatic rings. The summed E-state index contributed by atoms with van der Waals surface area (Å²) in [4.78, 5) is 16.5. The van der Waals surface area contributed by atoms with Crippen LogP contribution < -0.4 is 10.1 Å². The van der Waals surface area contributed by atoms with E-state index in [1.54, 1.807) is 6.08 Å². The van der Waals surface area contributed by atoms with E-state index >= 15 is 0 Å². The summed E-state index contributed by atoms with van der Waals surface area (Å²) in [7, 11) is 0. The van der Waals surface area contributed by atoms with Gasteiger partial charge in [-0.1, -0.05) is 42.5 Å². The van der Waals surface area contributed by atoms with Gasteiger partial charge in [-0.05, 0) is 30.7 Å². The van der Waals surface area contributed by atoms with Crippen molar-refractivity contribution in [2.45, 2.75) is 6.92 Å². The van der Waals surface area contributed by atoms with E-state index in [1.165, 1.54) is 17.4 Å². The van der Waals surface area contributed by atoms with Gasteiger partial charge >= 0.3 is 0 Å². The van der Waals surface area contributed by atoms with Crippen molar-refractivity contribution in [3.63, 3.8) is 0 Å². The molecular weight excluding hydrogens is 332 g/mol. The smallest absolute Gasteiger partial charge is 0.250 e. The van der Waals surface area contributed by atoms with Crippen LogP contribution in [0.2, 0.25) is 0 Å². The standard InChI is InChI=1S/C20H18N2O2S/c1-2-24-18-11-7-6-10-16(18)17-14-25-20(21-17)22-19(23)13-12-15-8-4-3-5-9-15/h3-14H,2H2,1H3,(H,21,22,23). The summed E-state index contributed by atoms with van der Waals surface area (Å²) in [5, 5.41) is 5.26. The summed E-state index contributed by atoms with van der Waals surface area (Å²) in [5.74, 6) is 0.583. The van der Waals surface area contributed by atoms with Crippen molar-refractivity contribution in [3.8, 4) is 17.0 Å². The van der Waals surface area contributed by atoms with Crippen molar-refractivity contribution in [2.75, 3.05) is 11.9 Å².